The number of ether oxygens (including phenoxy) is 3. The molecule has 0 unspecified atom stereocenters. The van der Waals surface area contributed by atoms with E-state index in [1.54, 1.807) is 60.7 Å². The van der Waals surface area contributed by atoms with Gasteiger partial charge in [0.2, 0.25) is 0 Å². The van der Waals surface area contributed by atoms with Crippen molar-refractivity contribution >= 4 is 82.2 Å². The van der Waals surface area contributed by atoms with Crippen LogP contribution in [0.1, 0.15) is 46.5 Å². The molecule has 0 saturated carbocycles. The Kier molecular flexibility index (Phi) is 19.6. The molecule has 0 aliphatic heterocycles. The SMILES string of the molecule is CCCCOc1cc(N=Nc2ccc(-c3ccc(N=Nc4c(S(=O)(=O)[O-])cc5cc(S(=O)(=O)O)c(N=Nc6ccccc6)c([O-])c5c4N)c(OCCC)c3)cc2OCCC)c(N)cc1N.[Na+].[Na+]. The third kappa shape index (κ3) is 13.5. The summed E-state index contributed by atoms with van der Waals surface area (Å²) < 4.78 is 90.6. The summed E-state index contributed by atoms with van der Waals surface area (Å²) in [6.45, 7) is 7.00. The molecule has 67 heavy (non-hydrogen) atoms. The number of hydrogen-bond acceptors (Lipinski definition) is 18. The fourth-order valence-electron chi connectivity index (χ4n) is 6.24. The Morgan fingerprint density at radius 3 is 1.67 bits per heavy atom. The van der Waals surface area contributed by atoms with Gasteiger partial charge in [0.25, 0.3) is 10.1 Å². The average Bonchev–Trinajstić information content (AvgIpc) is 3.27. The first-order chi connectivity index (χ1) is 31.0. The van der Waals surface area contributed by atoms with Crippen LogP contribution >= 0.6 is 0 Å². The topological polar surface area (TPSA) is 315 Å². The summed E-state index contributed by atoms with van der Waals surface area (Å²) in [5, 5.41) is 37.8. The zero-order chi connectivity index (χ0) is 46.9. The molecular formula is C44H45N9Na2O10S2. The number of nitrogens with two attached hydrogens (primary N) is 3. The molecule has 340 valence electrons. The monoisotopic (exact) mass is 969 g/mol. The van der Waals surface area contributed by atoms with Crippen molar-refractivity contribution in [1.29, 1.82) is 0 Å². The molecule has 0 bridgehead atoms. The van der Waals surface area contributed by atoms with E-state index in [0.29, 0.717) is 71.4 Å². The van der Waals surface area contributed by atoms with Gasteiger partial charge in [-0.25, -0.2) is 8.42 Å². The van der Waals surface area contributed by atoms with Crippen molar-refractivity contribution in [1.82, 2.24) is 0 Å². The minimum absolute atomic E-state index is 0. The molecule has 23 heteroatoms. The summed E-state index contributed by atoms with van der Waals surface area (Å²) >= 11 is 0. The van der Waals surface area contributed by atoms with Crippen LogP contribution in [0.5, 0.6) is 23.0 Å². The normalized spacial score (nSPS) is 11.8. The van der Waals surface area contributed by atoms with E-state index in [0.717, 1.165) is 25.0 Å². The van der Waals surface area contributed by atoms with E-state index in [4.69, 9.17) is 31.4 Å². The van der Waals surface area contributed by atoms with Gasteiger partial charge in [-0.3, -0.25) is 4.55 Å². The molecule has 6 aromatic carbocycles. The fourth-order valence-corrected chi connectivity index (χ4v) is 7.56. The molecule has 6 rings (SSSR count). The first-order valence-electron chi connectivity index (χ1n) is 20.2. The summed E-state index contributed by atoms with van der Waals surface area (Å²) in [5.74, 6) is -0.0722. The standard InChI is InChI=1S/C44H47N9O10S2.2Na/c1-4-7-19-63-35-25-34(30(45)24-31(35)46)51-49-32-15-13-26(20-36(32)61-17-5-2)27-14-16-33(37(21-27)62-18-6-3)50-52-42-38(64(55,56)57)22-28-23-39(65(58,59)60)43(44(54)40(28)41(42)47)53-48-29-11-9-8-10-12-29;;/h8-16,20-25,54H,4-7,17-19,45-47H2,1-3H3,(H,55,56,57)(H,58,59,60);;/q;2*+1/p-2. The molecule has 0 heterocycles. The summed E-state index contributed by atoms with van der Waals surface area (Å²) in [5.41, 5.74) is 19.7. The fraction of sp³-hybridized carbons (Fsp3) is 0.227. The Labute approximate surface area is 432 Å². The maximum absolute atomic E-state index is 13.9. The Bertz CT molecular complexity index is 3050. The predicted molar refractivity (Wildman–Crippen MR) is 244 cm³/mol. The second-order valence-electron chi connectivity index (χ2n) is 14.4. The van der Waals surface area contributed by atoms with Crippen molar-refractivity contribution in [3.63, 3.8) is 0 Å². The number of fused-ring (bicyclic) bond motifs is 1. The molecular weight excluding hydrogens is 925 g/mol. The van der Waals surface area contributed by atoms with Crippen LogP contribution in [-0.4, -0.2) is 45.8 Å². The Balaban J connectivity index is 0.00000490. The summed E-state index contributed by atoms with van der Waals surface area (Å²) in [6, 6.07) is 22.9. The first kappa shape index (κ1) is 54.4. The molecule has 0 aromatic heterocycles. The second kappa shape index (κ2) is 24.2. The molecule has 0 radical (unpaired) electrons. The van der Waals surface area contributed by atoms with Crippen LogP contribution in [0.25, 0.3) is 21.9 Å². The van der Waals surface area contributed by atoms with Gasteiger partial charge in [0.1, 0.15) is 55.0 Å². The van der Waals surface area contributed by atoms with E-state index in [9.17, 15) is 31.0 Å². The van der Waals surface area contributed by atoms with Gasteiger partial charge in [0.15, 0.2) is 0 Å². The molecule has 0 saturated heterocycles. The van der Waals surface area contributed by atoms with Gasteiger partial charge in [0.05, 0.1) is 53.2 Å². The largest absolute Gasteiger partial charge is 1.00 e. The smallest absolute Gasteiger partial charge is 0.870 e. The maximum Gasteiger partial charge on any atom is 1.00 e. The van der Waals surface area contributed by atoms with Crippen LogP contribution < -0.4 is 95.6 Å². The van der Waals surface area contributed by atoms with E-state index in [1.807, 2.05) is 13.8 Å². The second-order valence-corrected chi connectivity index (χ2v) is 17.1. The van der Waals surface area contributed by atoms with Gasteiger partial charge in [-0.05, 0) is 90.4 Å². The van der Waals surface area contributed by atoms with Crippen molar-refractivity contribution in [2.24, 2.45) is 30.7 Å². The Hall–Kier alpha value is -5.20. The van der Waals surface area contributed by atoms with Gasteiger partial charge in [-0.2, -0.15) is 13.5 Å². The molecule has 0 aliphatic rings. The number of benzene rings is 6. The van der Waals surface area contributed by atoms with Gasteiger partial charge in [-0.1, -0.05) is 63.3 Å². The number of rotatable bonds is 19. The summed E-state index contributed by atoms with van der Waals surface area (Å²) in [4.78, 5) is -2.01. The van der Waals surface area contributed by atoms with Crippen molar-refractivity contribution in [3.8, 4) is 34.1 Å². The number of nitrogen functional groups attached to an aromatic ring is 3. The van der Waals surface area contributed by atoms with Crippen LogP contribution in [0.2, 0.25) is 0 Å². The van der Waals surface area contributed by atoms with E-state index in [-0.39, 0.29) is 82.8 Å². The van der Waals surface area contributed by atoms with Gasteiger partial charge >= 0.3 is 59.1 Å². The van der Waals surface area contributed by atoms with Crippen molar-refractivity contribution < 1.29 is 104 Å². The molecule has 0 amide bonds. The average molecular weight is 970 g/mol. The predicted octanol–water partition coefficient (Wildman–Crippen LogP) is 4.49. The van der Waals surface area contributed by atoms with E-state index in [2.05, 4.69) is 37.6 Å². The molecule has 19 nitrogen and oxygen atoms in total. The Morgan fingerprint density at radius 1 is 0.582 bits per heavy atom. The van der Waals surface area contributed by atoms with Crippen LogP contribution in [0.15, 0.2) is 131 Å². The minimum atomic E-state index is -5.40. The number of azo groups is 3. The van der Waals surface area contributed by atoms with Crippen LogP contribution in [0, 0.1) is 0 Å². The van der Waals surface area contributed by atoms with Gasteiger partial charge in [0, 0.05) is 11.5 Å². The van der Waals surface area contributed by atoms with E-state index < -0.39 is 63.6 Å². The molecule has 0 fully saturated rings. The zero-order valence-corrected chi connectivity index (χ0v) is 43.1. The summed E-state index contributed by atoms with van der Waals surface area (Å²) in [6.07, 6.45) is 3.10. The van der Waals surface area contributed by atoms with Crippen LogP contribution in [0.4, 0.5) is 51.2 Å². The molecule has 0 aliphatic carbocycles. The quantitative estimate of drug-likeness (QED) is 0.0286. The number of unbranched alkanes of at least 4 members (excludes halogenated alkanes) is 1. The van der Waals surface area contributed by atoms with Crippen LogP contribution in [-0.2, 0) is 20.2 Å². The summed E-state index contributed by atoms with van der Waals surface area (Å²) in [7, 11) is -10.5. The third-order valence-corrected chi connectivity index (χ3v) is 11.2. The van der Waals surface area contributed by atoms with Crippen molar-refractivity contribution in [2.75, 3.05) is 37.0 Å². The Morgan fingerprint density at radius 2 is 1.12 bits per heavy atom. The van der Waals surface area contributed by atoms with Gasteiger partial charge < -0.3 is 41.1 Å². The molecule has 0 atom stereocenters. The maximum atomic E-state index is 13.9. The number of anilines is 3. The van der Waals surface area contributed by atoms with Crippen molar-refractivity contribution in [2.45, 2.75) is 56.2 Å². The van der Waals surface area contributed by atoms with Crippen LogP contribution in [0.3, 0.4) is 0 Å². The van der Waals surface area contributed by atoms with E-state index in [1.165, 1.54) is 18.2 Å². The molecule has 0 spiro atoms. The van der Waals surface area contributed by atoms with Crippen molar-refractivity contribution in [3.05, 3.63) is 91.0 Å². The third-order valence-electron chi connectivity index (χ3n) is 9.48. The molecule has 6 aromatic rings. The number of nitrogens with zero attached hydrogens (tertiary/aromatic N) is 6. The van der Waals surface area contributed by atoms with Gasteiger partial charge in [-0.15, -0.1) is 25.6 Å². The molecule has 7 N–H and O–H groups in total. The minimum Gasteiger partial charge on any atom is -0.870 e. The zero-order valence-electron chi connectivity index (χ0n) is 37.5. The number of hydrogen-bond donors (Lipinski definition) is 4. The first-order valence-corrected chi connectivity index (χ1v) is 23.1. The van der Waals surface area contributed by atoms with E-state index >= 15 is 0 Å².